The Kier molecular flexibility index (Phi) is 5.79. The molecule has 0 bridgehead atoms. The number of hydrogen-bond donors (Lipinski definition) is 1. The Morgan fingerprint density at radius 1 is 1.19 bits per heavy atom. The second kappa shape index (κ2) is 7.59. The molecule has 5 nitrogen and oxygen atoms in total. The number of nitrogens with zero attached hydrogens (tertiary/aromatic N) is 4. The van der Waals surface area contributed by atoms with Crippen molar-refractivity contribution in [2.45, 2.75) is 39.0 Å². The van der Waals surface area contributed by atoms with Crippen LogP contribution in [-0.4, -0.2) is 55.1 Å². The normalized spacial score (nSPS) is 14.5. The summed E-state index contributed by atoms with van der Waals surface area (Å²) in [4.78, 5) is 14.0. The molecule has 0 atom stereocenters. The zero-order valence-corrected chi connectivity index (χ0v) is 13.9. The van der Waals surface area contributed by atoms with Gasteiger partial charge in [-0.15, -0.1) is 0 Å². The number of aromatic nitrogens is 2. The summed E-state index contributed by atoms with van der Waals surface area (Å²) in [7, 11) is 4.24. The summed E-state index contributed by atoms with van der Waals surface area (Å²) in [6.07, 6.45) is 3.63. The minimum Gasteiger partial charge on any atom is -0.370 e. The fraction of sp³-hybridized carbons (Fsp3) is 0.750. The molecule has 0 aliphatic heterocycles. The standard InChI is InChI=1S/C16H29N5/c1-5-17-14-12-15(19-16(18-14)13-8-9-13)21(6-2)11-7-10-20(3)4/h12-13H,5-11H2,1-4H3,(H,17,18,19). The molecule has 0 radical (unpaired) electrons. The monoisotopic (exact) mass is 291 g/mol. The molecule has 1 aromatic rings. The van der Waals surface area contributed by atoms with Gasteiger partial charge in [0.15, 0.2) is 0 Å². The molecule has 21 heavy (non-hydrogen) atoms. The van der Waals surface area contributed by atoms with Crippen LogP contribution in [0.4, 0.5) is 11.6 Å². The average Bonchev–Trinajstić information content (AvgIpc) is 3.28. The molecule has 118 valence electrons. The van der Waals surface area contributed by atoms with Gasteiger partial charge in [-0.05, 0) is 53.8 Å². The first-order chi connectivity index (χ1) is 10.1. The van der Waals surface area contributed by atoms with Crippen LogP contribution in [0.5, 0.6) is 0 Å². The Balaban J connectivity index is 2.10. The molecule has 2 rings (SSSR count). The van der Waals surface area contributed by atoms with Gasteiger partial charge < -0.3 is 15.1 Å². The third-order valence-electron chi connectivity index (χ3n) is 3.77. The van der Waals surface area contributed by atoms with Crippen LogP contribution in [0.15, 0.2) is 6.07 Å². The molecular weight excluding hydrogens is 262 g/mol. The van der Waals surface area contributed by atoms with E-state index in [0.29, 0.717) is 5.92 Å². The lowest BCUT2D eigenvalue weighted by Crippen LogP contribution is -2.28. The first-order valence-electron chi connectivity index (χ1n) is 8.16. The van der Waals surface area contributed by atoms with Crippen LogP contribution in [0.3, 0.4) is 0 Å². The van der Waals surface area contributed by atoms with E-state index in [1.54, 1.807) is 0 Å². The van der Waals surface area contributed by atoms with Gasteiger partial charge in [0, 0.05) is 31.6 Å². The predicted molar refractivity (Wildman–Crippen MR) is 89.2 cm³/mol. The summed E-state index contributed by atoms with van der Waals surface area (Å²) in [5, 5.41) is 3.34. The van der Waals surface area contributed by atoms with E-state index >= 15 is 0 Å². The second-order valence-corrected chi connectivity index (χ2v) is 6.01. The first-order valence-corrected chi connectivity index (χ1v) is 8.16. The molecule has 0 unspecified atom stereocenters. The second-order valence-electron chi connectivity index (χ2n) is 6.01. The topological polar surface area (TPSA) is 44.3 Å². The van der Waals surface area contributed by atoms with Crippen molar-refractivity contribution in [3.63, 3.8) is 0 Å². The Hall–Kier alpha value is -1.36. The summed E-state index contributed by atoms with van der Waals surface area (Å²) in [5.41, 5.74) is 0. The highest BCUT2D eigenvalue weighted by Gasteiger charge is 2.27. The van der Waals surface area contributed by atoms with Crippen molar-refractivity contribution in [2.24, 2.45) is 0 Å². The van der Waals surface area contributed by atoms with Gasteiger partial charge in [-0.1, -0.05) is 0 Å². The van der Waals surface area contributed by atoms with Gasteiger partial charge in [-0.2, -0.15) is 0 Å². The lowest BCUT2D eigenvalue weighted by Gasteiger charge is -2.24. The Labute approximate surface area is 128 Å². The molecule has 1 aliphatic carbocycles. The quantitative estimate of drug-likeness (QED) is 0.757. The van der Waals surface area contributed by atoms with Crippen LogP contribution in [0, 0.1) is 0 Å². The van der Waals surface area contributed by atoms with Gasteiger partial charge in [-0.3, -0.25) is 0 Å². The molecule has 1 N–H and O–H groups in total. The predicted octanol–water partition coefficient (Wildman–Crippen LogP) is 2.56. The van der Waals surface area contributed by atoms with E-state index < -0.39 is 0 Å². The minimum atomic E-state index is 0.586. The maximum absolute atomic E-state index is 4.81. The van der Waals surface area contributed by atoms with Crippen molar-refractivity contribution < 1.29 is 0 Å². The van der Waals surface area contributed by atoms with Crippen LogP contribution < -0.4 is 10.2 Å². The highest BCUT2D eigenvalue weighted by atomic mass is 15.2. The Bertz CT molecular complexity index is 442. The van der Waals surface area contributed by atoms with Crippen LogP contribution in [0.25, 0.3) is 0 Å². The molecule has 1 aliphatic rings. The Morgan fingerprint density at radius 2 is 1.95 bits per heavy atom. The average molecular weight is 291 g/mol. The first kappa shape index (κ1) is 16.0. The van der Waals surface area contributed by atoms with Gasteiger partial charge in [0.05, 0.1) is 0 Å². The molecule has 0 saturated heterocycles. The van der Waals surface area contributed by atoms with Crippen molar-refractivity contribution in [3.05, 3.63) is 11.9 Å². The minimum absolute atomic E-state index is 0.586. The third-order valence-corrected chi connectivity index (χ3v) is 3.77. The highest BCUT2D eigenvalue weighted by Crippen LogP contribution is 2.39. The largest absolute Gasteiger partial charge is 0.370 e. The van der Waals surface area contributed by atoms with E-state index in [4.69, 9.17) is 4.98 Å². The van der Waals surface area contributed by atoms with E-state index in [2.05, 4.69) is 54.1 Å². The highest BCUT2D eigenvalue weighted by molar-refractivity contribution is 5.50. The van der Waals surface area contributed by atoms with Crippen molar-refractivity contribution >= 4 is 11.6 Å². The van der Waals surface area contributed by atoms with Gasteiger partial charge >= 0.3 is 0 Å². The molecule has 1 heterocycles. The van der Waals surface area contributed by atoms with E-state index in [9.17, 15) is 0 Å². The molecular formula is C16H29N5. The SMILES string of the molecule is CCNc1cc(N(CC)CCCN(C)C)nc(C2CC2)n1. The Morgan fingerprint density at radius 3 is 2.52 bits per heavy atom. The molecule has 1 aromatic heterocycles. The maximum atomic E-state index is 4.81. The smallest absolute Gasteiger partial charge is 0.136 e. The summed E-state index contributed by atoms with van der Waals surface area (Å²) in [5.74, 6) is 3.65. The fourth-order valence-corrected chi connectivity index (χ4v) is 2.42. The van der Waals surface area contributed by atoms with Gasteiger partial charge in [0.25, 0.3) is 0 Å². The van der Waals surface area contributed by atoms with Crippen molar-refractivity contribution in [1.29, 1.82) is 0 Å². The van der Waals surface area contributed by atoms with Crippen molar-refractivity contribution in [1.82, 2.24) is 14.9 Å². The number of anilines is 2. The number of hydrogen-bond acceptors (Lipinski definition) is 5. The van der Waals surface area contributed by atoms with E-state index in [-0.39, 0.29) is 0 Å². The molecule has 0 spiro atoms. The van der Waals surface area contributed by atoms with Crippen LogP contribution >= 0.6 is 0 Å². The summed E-state index contributed by atoms with van der Waals surface area (Å²) in [6, 6.07) is 2.09. The van der Waals surface area contributed by atoms with Crippen LogP contribution in [0.1, 0.15) is 44.9 Å². The third kappa shape index (κ3) is 4.84. The van der Waals surface area contributed by atoms with Crippen LogP contribution in [0.2, 0.25) is 0 Å². The molecule has 0 amide bonds. The number of rotatable bonds is 9. The lowest BCUT2D eigenvalue weighted by molar-refractivity contribution is 0.400. The molecule has 0 aromatic carbocycles. The lowest BCUT2D eigenvalue weighted by atomic mass is 10.3. The van der Waals surface area contributed by atoms with Crippen molar-refractivity contribution in [2.75, 3.05) is 50.5 Å². The summed E-state index contributed by atoms with van der Waals surface area (Å²) < 4.78 is 0. The van der Waals surface area contributed by atoms with E-state index in [1.807, 2.05) is 0 Å². The molecule has 1 fully saturated rings. The van der Waals surface area contributed by atoms with E-state index in [1.165, 1.54) is 12.8 Å². The summed E-state index contributed by atoms with van der Waals surface area (Å²) in [6.45, 7) is 8.33. The zero-order chi connectivity index (χ0) is 15.2. The fourth-order valence-electron chi connectivity index (χ4n) is 2.42. The maximum Gasteiger partial charge on any atom is 0.136 e. The van der Waals surface area contributed by atoms with Gasteiger partial charge in [-0.25, -0.2) is 9.97 Å². The van der Waals surface area contributed by atoms with Gasteiger partial charge in [0.1, 0.15) is 17.5 Å². The van der Waals surface area contributed by atoms with Gasteiger partial charge in [0.2, 0.25) is 0 Å². The molecule has 5 heteroatoms. The summed E-state index contributed by atoms with van der Waals surface area (Å²) >= 11 is 0. The van der Waals surface area contributed by atoms with Crippen LogP contribution in [-0.2, 0) is 0 Å². The zero-order valence-electron chi connectivity index (χ0n) is 13.9. The number of nitrogens with one attached hydrogen (secondary N) is 1. The van der Waals surface area contributed by atoms with E-state index in [0.717, 1.165) is 50.1 Å². The molecule has 1 saturated carbocycles. The van der Waals surface area contributed by atoms with Crippen molar-refractivity contribution in [3.8, 4) is 0 Å².